The lowest BCUT2D eigenvalue weighted by Gasteiger charge is -2.39. The number of halogens is 1. The lowest BCUT2D eigenvalue weighted by atomic mass is 9.86. The van der Waals surface area contributed by atoms with Crippen LogP contribution in [0.2, 0.25) is 0 Å². The van der Waals surface area contributed by atoms with E-state index in [0.29, 0.717) is 18.5 Å². The Morgan fingerprint density at radius 1 is 1.06 bits per heavy atom. The van der Waals surface area contributed by atoms with Crippen molar-refractivity contribution in [2.75, 3.05) is 32.5 Å². The molecule has 1 saturated carbocycles. The lowest BCUT2D eigenvalue weighted by Crippen LogP contribution is -2.42. The largest absolute Gasteiger partial charge is 0.375 e. The lowest BCUT2D eigenvalue weighted by molar-refractivity contribution is -0.109. The van der Waals surface area contributed by atoms with Gasteiger partial charge in [-0.1, -0.05) is 39.2 Å². The number of piperidine rings is 1. The predicted octanol–water partition coefficient (Wildman–Crippen LogP) is 5.16. The molecule has 1 heterocycles. The van der Waals surface area contributed by atoms with E-state index in [0.717, 1.165) is 50.1 Å². The smallest absolute Gasteiger partial charge is 0.142 e. The molecular weight excluding hydrogens is 405 g/mol. The van der Waals surface area contributed by atoms with Crippen molar-refractivity contribution in [2.45, 2.75) is 89.6 Å². The number of nitrogens with zero attached hydrogens (tertiary/aromatic N) is 1. The van der Waals surface area contributed by atoms with Crippen LogP contribution >= 0.6 is 0 Å². The molecule has 1 aromatic carbocycles. The number of carbonyl (C=O) groups is 2. The van der Waals surface area contributed by atoms with Crippen LogP contribution < -0.4 is 10.6 Å². The Balaban J connectivity index is 0.000000944. The second kappa shape index (κ2) is 16.8. The van der Waals surface area contributed by atoms with Crippen LogP contribution in [0.25, 0.3) is 0 Å². The highest BCUT2D eigenvalue weighted by molar-refractivity contribution is 5.65. The molecule has 32 heavy (non-hydrogen) atoms. The molecule has 2 N–H and O–H groups in total. The highest BCUT2D eigenvalue weighted by atomic mass is 19.1. The van der Waals surface area contributed by atoms with Crippen LogP contribution in [0.1, 0.15) is 83.1 Å². The summed E-state index contributed by atoms with van der Waals surface area (Å²) >= 11 is 0. The highest BCUT2D eigenvalue weighted by Crippen LogP contribution is 2.34. The third-order valence-electron chi connectivity index (χ3n) is 6.17. The minimum Gasteiger partial charge on any atom is -0.375 e. The molecule has 182 valence electrons. The Kier molecular flexibility index (Phi) is 14.8. The third kappa shape index (κ3) is 9.37. The van der Waals surface area contributed by atoms with Crippen molar-refractivity contribution < 1.29 is 14.0 Å². The molecule has 1 aliphatic heterocycles. The van der Waals surface area contributed by atoms with E-state index in [-0.39, 0.29) is 11.7 Å². The molecule has 3 rings (SSSR count). The van der Waals surface area contributed by atoms with Crippen molar-refractivity contribution in [2.24, 2.45) is 0 Å². The number of aldehydes is 2. The summed E-state index contributed by atoms with van der Waals surface area (Å²) < 4.78 is 14.7. The number of carbonyl (C=O) groups excluding carboxylic acids is 2. The maximum atomic E-state index is 14.7. The number of nitrogens with one attached hydrogen (secondary N) is 2. The van der Waals surface area contributed by atoms with Gasteiger partial charge in [-0.2, -0.15) is 0 Å². The first-order chi connectivity index (χ1) is 15.6. The van der Waals surface area contributed by atoms with Gasteiger partial charge in [0.15, 0.2) is 0 Å². The Hall–Kier alpha value is -1.79. The summed E-state index contributed by atoms with van der Waals surface area (Å²) in [6.45, 7) is 6.13. The normalized spacial score (nSPS) is 18.4. The third-order valence-corrected chi connectivity index (χ3v) is 6.17. The van der Waals surface area contributed by atoms with Crippen molar-refractivity contribution in [1.29, 1.82) is 0 Å². The number of likely N-dealkylation sites (tertiary alicyclic amines) is 1. The topological polar surface area (TPSA) is 61.4 Å². The Labute approximate surface area is 194 Å². The average molecular weight is 450 g/mol. The van der Waals surface area contributed by atoms with E-state index in [4.69, 9.17) is 0 Å². The van der Waals surface area contributed by atoms with Gasteiger partial charge in [0, 0.05) is 18.2 Å². The van der Waals surface area contributed by atoms with E-state index < -0.39 is 6.04 Å². The SMILES string of the molecule is CC.CNC.O=CCCC(C=O)Nc1ccc(C2CCN(C3CCCCC3)CC2)c(F)c1. The van der Waals surface area contributed by atoms with Crippen LogP contribution in [-0.4, -0.2) is 56.7 Å². The number of hydrogen-bond donors (Lipinski definition) is 2. The van der Waals surface area contributed by atoms with Gasteiger partial charge in [-0.05, 0) is 82.9 Å². The van der Waals surface area contributed by atoms with Crippen LogP contribution in [-0.2, 0) is 9.59 Å². The number of hydrogen-bond acceptors (Lipinski definition) is 5. The fraction of sp³-hybridized carbons (Fsp3) is 0.692. The summed E-state index contributed by atoms with van der Waals surface area (Å²) in [5.74, 6) is 0.0759. The Morgan fingerprint density at radius 3 is 2.22 bits per heavy atom. The molecule has 0 aromatic heterocycles. The molecule has 1 saturated heterocycles. The zero-order valence-electron chi connectivity index (χ0n) is 20.5. The van der Waals surface area contributed by atoms with Crippen LogP contribution in [0.4, 0.5) is 10.1 Å². The van der Waals surface area contributed by atoms with Gasteiger partial charge in [0.25, 0.3) is 0 Å². The van der Waals surface area contributed by atoms with Crippen LogP contribution in [0.3, 0.4) is 0 Å². The van der Waals surface area contributed by atoms with Crippen molar-refractivity contribution in [3.05, 3.63) is 29.6 Å². The first-order valence-corrected chi connectivity index (χ1v) is 12.4. The van der Waals surface area contributed by atoms with Gasteiger partial charge < -0.3 is 25.1 Å². The zero-order chi connectivity index (χ0) is 23.8. The van der Waals surface area contributed by atoms with Gasteiger partial charge in [-0.25, -0.2) is 4.39 Å². The van der Waals surface area contributed by atoms with Crippen LogP contribution in [0.5, 0.6) is 0 Å². The molecule has 2 fully saturated rings. The van der Waals surface area contributed by atoms with Gasteiger partial charge >= 0.3 is 0 Å². The van der Waals surface area contributed by atoms with Crippen LogP contribution in [0, 0.1) is 5.82 Å². The number of rotatable bonds is 8. The van der Waals surface area contributed by atoms with Crippen molar-refractivity contribution in [3.8, 4) is 0 Å². The highest BCUT2D eigenvalue weighted by Gasteiger charge is 2.28. The van der Waals surface area contributed by atoms with E-state index in [1.54, 1.807) is 0 Å². The fourth-order valence-electron chi connectivity index (χ4n) is 4.61. The van der Waals surface area contributed by atoms with E-state index in [1.807, 2.05) is 40.1 Å². The van der Waals surface area contributed by atoms with Gasteiger partial charge in [-0.3, -0.25) is 0 Å². The second-order valence-corrected chi connectivity index (χ2v) is 8.47. The quantitative estimate of drug-likeness (QED) is 0.537. The van der Waals surface area contributed by atoms with Crippen molar-refractivity contribution in [3.63, 3.8) is 0 Å². The monoisotopic (exact) mass is 449 g/mol. The molecule has 0 spiro atoms. The van der Waals surface area contributed by atoms with Crippen LogP contribution in [0.15, 0.2) is 18.2 Å². The summed E-state index contributed by atoms with van der Waals surface area (Å²) in [7, 11) is 3.75. The van der Waals surface area contributed by atoms with E-state index in [2.05, 4.69) is 15.5 Å². The predicted molar refractivity (Wildman–Crippen MR) is 132 cm³/mol. The van der Waals surface area contributed by atoms with Crippen molar-refractivity contribution in [1.82, 2.24) is 10.2 Å². The molecule has 1 atom stereocenters. The van der Waals surface area contributed by atoms with Gasteiger partial charge in [0.05, 0.1) is 6.04 Å². The zero-order valence-corrected chi connectivity index (χ0v) is 20.5. The minimum atomic E-state index is -0.459. The molecule has 5 nitrogen and oxygen atoms in total. The average Bonchev–Trinajstić information content (AvgIpc) is 2.84. The van der Waals surface area contributed by atoms with Gasteiger partial charge in [-0.15, -0.1) is 0 Å². The molecule has 0 bridgehead atoms. The Bertz CT molecular complexity index is 642. The molecule has 0 amide bonds. The summed E-state index contributed by atoms with van der Waals surface area (Å²) in [6.07, 6.45) is 11.0. The molecule has 1 aromatic rings. The van der Waals surface area contributed by atoms with E-state index in [1.165, 1.54) is 38.2 Å². The molecule has 1 unspecified atom stereocenters. The second-order valence-electron chi connectivity index (χ2n) is 8.47. The fourth-order valence-corrected chi connectivity index (χ4v) is 4.61. The number of anilines is 1. The maximum Gasteiger partial charge on any atom is 0.142 e. The summed E-state index contributed by atoms with van der Waals surface area (Å²) in [4.78, 5) is 24.2. The molecule has 6 heteroatoms. The first-order valence-electron chi connectivity index (χ1n) is 12.4. The molecule has 1 aliphatic carbocycles. The van der Waals surface area contributed by atoms with E-state index in [9.17, 15) is 14.0 Å². The molecular formula is C26H44FN3O2. The summed E-state index contributed by atoms with van der Waals surface area (Å²) in [5.41, 5.74) is 1.39. The molecule has 0 radical (unpaired) electrons. The number of benzene rings is 1. The minimum absolute atomic E-state index is 0.198. The van der Waals surface area contributed by atoms with E-state index >= 15 is 0 Å². The Morgan fingerprint density at radius 2 is 1.69 bits per heavy atom. The van der Waals surface area contributed by atoms with Gasteiger partial charge in [0.1, 0.15) is 18.4 Å². The standard InChI is InChI=1S/C22H31FN2O2.C2H7N.C2H6/c23-22-15-18(24-19(16-27)5-4-14-26)8-9-21(22)17-10-12-25(13-11-17)20-6-2-1-3-7-20;1-3-2;1-2/h8-9,14-17,19-20,24H,1-7,10-13H2;3H,1-2H3;1-2H3. The molecule has 2 aliphatic rings. The maximum absolute atomic E-state index is 14.7. The first kappa shape index (κ1) is 28.2. The summed E-state index contributed by atoms with van der Waals surface area (Å²) in [6, 6.07) is 5.48. The summed E-state index contributed by atoms with van der Waals surface area (Å²) in [5, 5.41) is 5.76. The van der Waals surface area contributed by atoms with Crippen molar-refractivity contribution >= 4 is 18.3 Å². The van der Waals surface area contributed by atoms with Gasteiger partial charge in [0.2, 0.25) is 0 Å².